The number of allylic oxidation sites excluding steroid dienone is 1. The van der Waals surface area contributed by atoms with Crippen molar-refractivity contribution in [2.45, 2.75) is 13.5 Å². The maximum Gasteiger partial charge on any atom is 0.195 e. The van der Waals surface area contributed by atoms with Crippen molar-refractivity contribution in [1.82, 2.24) is 5.32 Å². The van der Waals surface area contributed by atoms with E-state index in [0.29, 0.717) is 5.56 Å². The Morgan fingerprint density at radius 1 is 1.35 bits per heavy atom. The number of carbonyl (C=O) groups excluding carboxylic acids is 1. The van der Waals surface area contributed by atoms with Crippen molar-refractivity contribution in [2.24, 2.45) is 0 Å². The van der Waals surface area contributed by atoms with Gasteiger partial charge in [-0.1, -0.05) is 0 Å². The van der Waals surface area contributed by atoms with Crippen LogP contribution in [-0.2, 0) is 16.1 Å². The molecule has 0 fully saturated rings. The summed E-state index contributed by atoms with van der Waals surface area (Å²) in [6.07, 6.45) is 1.37. The summed E-state index contributed by atoms with van der Waals surface area (Å²) in [5.41, 5.74) is 0.442. The fourth-order valence-corrected chi connectivity index (χ4v) is 1.28. The minimum absolute atomic E-state index is 0.155. The van der Waals surface area contributed by atoms with Crippen molar-refractivity contribution in [2.75, 3.05) is 7.11 Å². The summed E-state index contributed by atoms with van der Waals surface area (Å²) in [7, 11) is 1.37. The number of ether oxygens (including phenoxy) is 1. The van der Waals surface area contributed by atoms with Crippen molar-refractivity contribution in [3.63, 3.8) is 0 Å². The van der Waals surface area contributed by atoms with Gasteiger partial charge in [0.2, 0.25) is 0 Å². The van der Waals surface area contributed by atoms with Crippen molar-refractivity contribution >= 4 is 5.78 Å². The van der Waals surface area contributed by atoms with E-state index in [2.05, 4.69) is 5.32 Å². The minimum atomic E-state index is -0.635. The van der Waals surface area contributed by atoms with Crippen LogP contribution in [0.1, 0.15) is 12.5 Å². The molecule has 0 unspecified atom stereocenters. The minimum Gasteiger partial charge on any atom is -0.492 e. The highest BCUT2D eigenvalue weighted by Crippen LogP contribution is 2.07. The fraction of sp³-hybridized carbons (Fsp3) is 0.250. The standard InChI is InChI=1S/C12H13F2NO2/c1-8(16)12(17-2)7-15-6-9-3-10(13)5-11(14)4-9/h3-5,7,15H,6H2,1-2H3/b12-7+. The zero-order chi connectivity index (χ0) is 12.8. The molecule has 0 aliphatic carbocycles. The van der Waals surface area contributed by atoms with E-state index in [1.54, 1.807) is 0 Å². The molecule has 0 saturated carbocycles. The van der Waals surface area contributed by atoms with Gasteiger partial charge < -0.3 is 10.1 Å². The van der Waals surface area contributed by atoms with Gasteiger partial charge in [0.25, 0.3) is 0 Å². The largest absolute Gasteiger partial charge is 0.492 e. The Balaban J connectivity index is 2.64. The first-order valence-corrected chi connectivity index (χ1v) is 4.96. The van der Waals surface area contributed by atoms with E-state index in [0.717, 1.165) is 6.07 Å². The highest BCUT2D eigenvalue weighted by molar-refractivity contribution is 5.91. The summed E-state index contributed by atoms with van der Waals surface area (Å²) in [6.45, 7) is 1.56. The maximum absolute atomic E-state index is 12.8. The van der Waals surface area contributed by atoms with Crippen LogP contribution in [0.3, 0.4) is 0 Å². The Morgan fingerprint density at radius 3 is 2.41 bits per heavy atom. The number of nitrogens with one attached hydrogen (secondary N) is 1. The van der Waals surface area contributed by atoms with Crippen LogP contribution in [0.2, 0.25) is 0 Å². The first-order valence-electron chi connectivity index (χ1n) is 4.96. The number of halogens is 2. The molecule has 0 amide bonds. The van der Waals surface area contributed by atoms with Crippen LogP contribution in [0, 0.1) is 11.6 Å². The molecule has 1 rings (SSSR count). The number of rotatable bonds is 5. The number of hydrogen-bond donors (Lipinski definition) is 1. The molecule has 0 heterocycles. The highest BCUT2D eigenvalue weighted by atomic mass is 19.1. The van der Waals surface area contributed by atoms with Crippen LogP contribution in [0.25, 0.3) is 0 Å². The Labute approximate surface area is 98.1 Å². The maximum atomic E-state index is 12.8. The second-order valence-electron chi connectivity index (χ2n) is 3.43. The summed E-state index contributed by atoms with van der Waals surface area (Å²) in [4.78, 5) is 11.0. The van der Waals surface area contributed by atoms with Crippen LogP contribution in [0.15, 0.2) is 30.2 Å². The van der Waals surface area contributed by atoms with E-state index in [1.165, 1.54) is 32.4 Å². The molecule has 0 bridgehead atoms. The van der Waals surface area contributed by atoms with Crippen LogP contribution >= 0.6 is 0 Å². The molecule has 0 saturated heterocycles. The molecular formula is C12H13F2NO2. The molecule has 0 aromatic heterocycles. The molecule has 17 heavy (non-hydrogen) atoms. The quantitative estimate of drug-likeness (QED) is 0.634. The second kappa shape index (κ2) is 5.98. The van der Waals surface area contributed by atoms with Crippen LogP contribution in [0.4, 0.5) is 8.78 Å². The van der Waals surface area contributed by atoms with Crippen molar-refractivity contribution < 1.29 is 18.3 Å². The third kappa shape index (κ3) is 4.22. The Morgan fingerprint density at radius 2 is 1.94 bits per heavy atom. The lowest BCUT2D eigenvalue weighted by atomic mass is 10.2. The number of ketones is 1. The van der Waals surface area contributed by atoms with Gasteiger partial charge in [-0.05, 0) is 17.7 Å². The van der Waals surface area contributed by atoms with Gasteiger partial charge in [0.1, 0.15) is 11.6 Å². The molecule has 3 nitrogen and oxygen atoms in total. The molecule has 1 aromatic rings. The molecule has 1 aromatic carbocycles. The van der Waals surface area contributed by atoms with Crippen LogP contribution in [0.5, 0.6) is 0 Å². The van der Waals surface area contributed by atoms with E-state index in [-0.39, 0.29) is 18.1 Å². The molecular weight excluding hydrogens is 228 g/mol. The fourth-order valence-electron chi connectivity index (χ4n) is 1.28. The highest BCUT2D eigenvalue weighted by Gasteiger charge is 2.03. The van der Waals surface area contributed by atoms with Gasteiger partial charge in [-0.15, -0.1) is 0 Å². The molecule has 1 N–H and O–H groups in total. The number of benzene rings is 1. The second-order valence-corrected chi connectivity index (χ2v) is 3.43. The van der Waals surface area contributed by atoms with E-state index < -0.39 is 11.6 Å². The third-order valence-electron chi connectivity index (χ3n) is 2.03. The van der Waals surface area contributed by atoms with Crippen molar-refractivity contribution in [3.05, 3.63) is 47.4 Å². The predicted octanol–water partition coefficient (Wildman–Crippen LogP) is 2.13. The monoisotopic (exact) mass is 241 g/mol. The average molecular weight is 241 g/mol. The van der Waals surface area contributed by atoms with Gasteiger partial charge in [0.15, 0.2) is 11.5 Å². The van der Waals surface area contributed by atoms with Crippen molar-refractivity contribution in [1.29, 1.82) is 0 Å². The molecule has 0 aliphatic heterocycles. The van der Waals surface area contributed by atoms with Gasteiger partial charge in [-0.25, -0.2) is 8.78 Å². The van der Waals surface area contributed by atoms with Gasteiger partial charge in [-0.2, -0.15) is 0 Å². The van der Waals surface area contributed by atoms with E-state index in [4.69, 9.17) is 4.74 Å². The zero-order valence-corrected chi connectivity index (χ0v) is 9.59. The van der Waals surface area contributed by atoms with Gasteiger partial charge in [0.05, 0.1) is 7.11 Å². The SMILES string of the molecule is CO/C(=C/NCc1cc(F)cc(F)c1)C(C)=O. The number of carbonyl (C=O) groups is 1. The summed E-state index contributed by atoms with van der Waals surface area (Å²) in [5.74, 6) is -1.35. The van der Waals surface area contributed by atoms with Crippen LogP contribution in [-0.4, -0.2) is 12.9 Å². The lowest BCUT2D eigenvalue weighted by Crippen LogP contribution is -2.10. The Kier molecular flexibility index (Phi) is 4.63. The number of methoxy groups -OCH3 is 1. The smallest absolute Gasteiger partial charge is 0.195 e. The van der Waals surface area contributed by atoms with Gasteiger partial charge in [-0.3, -0.25) is 4.79 Å². The lowest BCUT2D eigenvalue weighted by molar-refractivity contribution is -0.116. The first-order chi connectivity index (χ1) is 8.02. The zero-order valence-electron chi connectivity index (χ0n) is 9.59. The molecule has 0 spiro atoms. The number of Topliss-reactive ketones (excluding diaryl/α,β-unsaturated/α-hetero) is 1. The summed E-state index contributed by atoms with van der Waals surface area (Å²) in [6, 6.07) is 3.23. The number of hydrogen-bond acceptors (Lipinski definition) is 3. The molecule has 0 atom stereocenters. The lowest BCUT2D eigenvalue weighted by Gasteiger charge is -2.05. The van der Waals surface area contributed by atoms with E-state index in [1.807, 2.05) is 0 Å². The summed E-state index contributed by atoms with van der Waals surface area (Å²) < 4.78 is 30.5. The Hall–Kier alpha value is -1.91. The molecule has 5 heteroatoms. The topological polar surface area (TPSA) is 38.3 Å². The van der Waals surface area contributed by atoms with Crippen LogP contribution < -0.4 is 5.32 Å². The average Bonchev–Trinajstić information content (AvgIpc) is 2.22. The first kappa shape index (κ1) is 13.2. The van der Waals surface area contributed by atoms with Gasteiger partial charge in [0, 0.05) is 25.7 Å². The summed E-state index contributed by atoms with van der Waals surface area (Å²) in [5, 5.41) is 2.75. The van der Waals surface area contributed by atoms with Crippen molar-refractivity contribution in [3.8, 4) is 0 Å². The predicted molar refractivity (Wildman–Crippen MR) is 59.0 cm³/mol. The molecule has 0 radical (unpaired) electrons. The Bertz CT molecular complexity index is 424. The van der Waals surface area contributed by atoms with E-state index >= 15 is 0 Å². The molecule has 0 aliphatic rings. The summed E-state index contributed by atoms with van der Waals surface area (Å²) >= 11 is 0. The van der Waals surface area contributed by atoms with E-state index in [9.17, 15) is 13.6 Å². The normalized spacial score (nSPS) is 11.2. The molecule has 92 valence electrons. The van der Waals surface area contributed by atoms with Gasteiger partial charge >= 0.3 is 0 Å². The third-order valence-corrected chi connectivity index (χ3v) is 2.03.